The summed E-state index contributed by atoms with van der Waals surface area (Å²) in [5, 5.41) is 9.69. The van der Waals surface area contributed by atoms with Crippen LogP contribution >= 0.6 is 0 Å². The van der Waals surface area contributed by atoms with Gasteiger partial charge in [0.2, 0.25) is 0 Å². The van der Waals surface area contributed by atoms with Crippen molar-refractivity contribution in [3.05, 3.63) is 0 Å². The minimum Gasteiger partial charge on any atom is -0.479 e. The molecule has 36 heavy (non-hydrogen) atoms. The lowest BCUT2D eigenvalue weighted by Crippen LogP contribution is -2.45. The summed E-state index contributed by atoms with van der Waals surface area (Å²) in [6.07, 6.45) is 21.4. The van der Waals surface area contributed by atoms with Crippen molar-refractivity contribution >= 4 is 11.9 Å². The molecule has 0 aliphatic carbocycles. The Labute approximate surface area is 222 Å². The van der Waals surface area contributed by atoms with E-state index >= 15 is 0 Å². The number of carboxylic acid groups (broad SMARTS) is 1. The number of hydrogen-bond acceptors (Lipinski definition) is 5. The first kappa shape index (κ1) is 34.9. The van der Waals surface area contributed by atoms with Gasteiger partial charge in [0.1, 0.15) is 0 Å². The van der Waals surface area contributed by atoms with Crippen molar-refractivity contribution < 1.29 is 28.9 Å². The summed E-state index contributed by atoms with van der Waals surface area (Å²) in [4.78, 5) is 24.3. The van der Waals surface area contributed by atoms with E-state index in [1.807, 2.05) is 0 Å². The summed E-state index contributed by atoms with van der Waals surface area (Å²) in [5.41, 5.74) is 0. The maximum Gasteiger partial charge on any atom is 0.338 e. The van der Waals surface area contributed by atoms with Crippen LogP contribution in [0.2, 0.25) is 0 Å². The molecule has 0 amide bonds. The van der Waals surface area contributed by atoms with Crippen LogP contribution in [-0.4, -0.2) is 49.1 Å². The van der Waals surface area contributed by atoms with Crippen molar-refractivity contribution in [2.75, 3.05) is 19.8 Å². The number of unbranched alkanes of at least 4 members (excludes halogenated alkanes) is 18. The molecular weight excluding hydrogens is 456 g/mol. The van der Waals surface area contributed by atoms with E-state index in [4.69, 9.17) is 14.2 Å². The molecule has 1 N–H and O–H groups in total. The lowest BCUT2D eigenvalue weighted by Gasteiger charge is -2.23. The Balaban J connectivity index is 4.17. The summed E-state index contributed by atoms with van der Waals surface area (Å²) >= 11 is 0. The first-order valence-electron chi connectivity index (χ1n) is 15.2. The van der Waals surface area contributed by atoms with E-state index in [0.717, 1.165) is 38.5 Å². The van der Waals surface area contributed by atoms with Gasteiger partial charge in [-0.15, -0.1) is 0 Å². The van der Waals surface area contributed by atoms with E-state index in [2.05, 4.69) is 13.8 Å². The number of carboxylic acids is 1. The second-order valence-electron chi connectivity index (χ2n) is 10.0. The second-order valence-corrected chi connectivity index (χ2v) is 10.0. The Hall–Kier alpha value is -1.14. The summed E-state index contributed by atoms with van der Waals surface area (Å²) in [6, 6.07) is 0. The molecule has 0 aliphatic heterocycles. The molecule has 0 saturated carbocycles. The molecule has 6 heteroatoms. The molecule has 0 aromatic carbocycles. The Morgan fingerprint density at radius 2 is 0.861 bits per heavy atom. The van der Waals surface area contributed by atoms with Crippen molar-refractivity contribution in [3.63, 3.8) is 0 Å². The second kappa shape index (κ2) is 26.9. The van der Waals surface area contributed by atoms with Crippen molar-refractivity contribution in [3.8, 4) is 0 Å². The van der Waals surface area contributed by atoms with Crippen molar-refractivity contribution in [1.29, 1.82) is 0 Å². The van der Waals surface area contributed by atoms with E-state index in [1.165, 1.54) is 89.9 Å². The lowest BCUT2D eigenvalue weighted by molar-refractivity contribution is -0.180. The van der Waals surface area contributed by atoms with Gasteiger partial charge in [0.05, 0.1) is 6.61 Å². The van der Waals surface area contributed by atoms with E-state index in [9.17, 15) is 14.7 Å². The number of hydrogen-bond donors (Lipinski definition) is 1. The van der Waals surface area contributed by atoms with Gasteiger partial charge in [-0.05, 0) is 19.8 Å². The van der Waals surface area contributed by atoms with Gasteiger partial charge >= 0.3 is 11.9 Å². The molecule has 0 aromatic heterocycles. The fraction of sp³-hybridized carbons (Fsp3) is 0.933. The summed E-state index contributed by atoms with van der Waals surface area (Å²) in [7, 11) is 0. The number of ether oxygens (including phenoxy) is 3. The zero-order valence-corrected chi connectivity index (χ0v) is 23.9. The average molecular weight is 515 g/mol. The molecule has 0 bridgehead atoms. The van der Waals surface area contributed by atoms with Crippen LogP contribution in [0.1, 0.15) is 149 Å². The fourth-order valence-corrected chi connectivity index (χ4v) is 4.39. The predicted octanol–water partition coefficient (Wildman–Crippen LogP) is 8.25. The molecule has 0 spiro atoms. The number of aliphatic carboxylic acids is 1. The van der Waals surface area contributed by atoms with Gasteiger partial charge in [-0.25, -0.2) is 9.59 Å². The molecule has 2 atom stereocenters. The smallest absolute Gasteiger partial charge is 0.338 e. The van der Waals surface area contributed by atoms with Gasteiger partial charge in [-0.3, -0.25) is 0 Å². The first-order valence-corrected chi connectivity index (χ1v) is 15.2. The van der Waals surface area contributed by atoms with Crippen LogP contribution in [0.25, 0.3) is 0 Å². The molecular formula is C30H58O6. The maximum atomic E-state index is 12.4. The fourth-order valence-electron chi connectivity index (χ4n) is 4.39. The molecule has 0 rings (SSSR count). The van der Waals surface area contributed by atoms with Crippen LogP contribution in [0, 0.1) is 0 Å². The monoisotopic (exact) mass is 514 g/mol. The average Bonchev–Trinajstić information content (AvgIpc) is 2.86. The van der Waals surface area contributed by atoms with Gasteiger partial charge in [0.15, 0.2) is 12.2 Å². The van der Waals surface area contributed by atoms with Crippen molar-refractivity contribution in [2.45, 2.75) is 161 Å². The van der Waals surface area contributed by atoms with Crippen LogP contribution in [0.4, 0.5) is 0 Å². The highest BCUT2D eigenvalue weighted by Gasteiger charge is 2.36. The number of carbonyl (C=O) groups is 2. The van der Waals surface area contributed by atoms with Crippen LogP contribution in [0.5, 0.6) is 0 Å². The maximum absolute atomic E-state index is 12.4. The van der Waals surface area contributed by atoms with Gasteiger partial charge in [0, 0.05) is 13.2 Å². The first-order chi connectivity index (χ1) is 17.6. The standard InChI is InChI=1S/C30H58O6/c1-4-7-9-11-13-15-17-19-21-23-25-35-27(29(31)32)28(30(33)34-6-3)36-26-24-22-20-18-16-14-12-10-8-5-2/h27-28H,4-26H2,1-3H3,(H,31,32). The summed E-state index contributed by atoms with van der Waals surface area (Å²) in [6.45, 7) is 7.00. The molecule has 0 heterocycles. The third-order valence-corrected chi connectivity index (χ3v) is 6.63. The lowest BCUT2D eigenvalue weighted by atomic mass is 10.1. The molecule has 0 aliphatic rings. The minimum absolute atomic E-state index is 0.182. The minimum atomic E-state index is -1.33. The topological polar surface area (TPSA) is 82.1 Å². The Morgan fingerprint density at radius 3 is 1.19 bits per heavy atom. The molecule has 2 unspecified atom stereocenters. The third-order valence-electron chi connectivity index (χ3n) is 6.63. The van der Waals surface area contributed by atoms with Gasteiger partial charge in [-0.2, -0.15) is 0 Å². The van der Waals surface area contributed by atoms with E-state index in [1.54, 1.807) is 6.92 Å². The number of rotatable bonds is 28. The molecule has 0 fully saturated rings. The Kier molecular flexibility index (Phi) is 26.1. The van der Waals surface area contributed by atoms with Crippen LogP contribution in [0.3, 0.4) is 0 Å². The summed E-state index contributed by atoms with van der Waals surface area (Å²) < 4.78 is 16.4. The van der Waals surface area contributed by atoms with E-state index < -0.39 is 24.1 Å². The third kappa shape index (κ3) is 21.0. The molecule has 0 aromatic rings. The zero-order chi connectivity index (χ0) is 26.7. The summed E-state index contributed by atoms with van der Waals surface area (Å²) in [5.74, 6) is -1.83. The molecule has 0 saturated heterocycles. The quantitative estimate of drug-likeness (QED) is 0.0836. The SMILES string of the molecule is CCCCCCCCCCCCOC(C(=O)O)C(OCCCCCCCCCCCC)C(=O)OCC. The van der Waals surface area contributed by atoms with Gasteiger partial charge in [0.25, 0.3) is 0 Å². The van der Waals surface area contributed by atoms with Gasteiger partial charge < -0.3 is 19.3 Å². The van der Waals surface area contributed by atoms with Crippen LogP contribution in [0.15, 0.2) is 0 Å². The molecule has 0 radical (unpaired) electrons. The highest BCUT2D eigenvalue weighted by atomic mass is 16.6. The van der Waals surface area contributed by atoms with E-state index in [-0.39, 0.29) is 6.61 Å². The van der Waals surface area contributed by atoms with Gasteiger partial charge in [-0.1, -0.05) is 129 Å². The van der Waals surface area contributed by atoms with Crippen molar-refractivity contribution in [1.82, 2.24) is 0 Å². The molecule has 6 nitrogen and oxygen atoms in total. The van der Waals surface area contributed by atoms with E-state index in [0.29, 0.717) is 13.2 Å². The van der Waals surface area contributed by atoms with Crippen molar-refractivity contribution in [2.24, 2.45) is 0 Å². The van der Waals surface area contributed by atoms with Crippen LogP contribution < -0.4 is 0 Å². The Morgan fingerprint density at radius 1 is 0.528 bits per heavy atom. The number of esters is 1. The number of carbonyl (C=O) groups excluding carboxylic acids is 1. The Bertz CT molecular complexity index is 496. The highest BCUT2D eigenvalue weighted by molar-refractivity contribution is 5.84. The zero-order valence-electron chi connectivity index (χ0n) is 23.9. The van der Waals surface area contributed by atoms with Crippen LogP contribution in [-0.2, 0) is 23.8 Å². The largest absolute Gasteiger partial charge is 0.479 e. The molecule has 214 valence electrons. The predicted molar refractivity (Wildman–Crippen MR) is 147 cm³/mol. The highest BCUT2D eigenvalue weighted by Crippen LogP contribution is 2.14. The normalized spacial score (nSPS) is 13.0.